The van der Waals surface area contributed by atoms with Crippen LogP contribution in [0.25, 0.3) is 11.4 Å². The summed E-state index contributed by atoms with van der Waals surface area (Å²) in [6, 6.07) is 6.29. The highest BCUT2D eigenvalue weighted by atomic mass is 32.2. The fourth-order valence-corrected chi connectivity index (χ4v) is 4.14. The van der Waals surface area contributed by atoms with E-state index in [-0.39, 0.29) is 30.6 Å². The van der Waals surface area contributed by atoms with Crippen molar-refractivity contribution in [2.45, 2.75) is 38.0 Å². The summed E-state index contributed by atoms with van der Waals surface area (Å²) in [5, 5.41) is 3.32. The third kappa shape index (κ3) is 4.67. The van der Waals surface area contributed by atoms with Gasteiger partial charge in [0.2, 0.25) is 15.8 Å². The van der Waals surface area contributed by atoms with Crippen LogP contribution in [0.15, 0.2) is 28.8 Å². The van der Waals surface area contributed by atoms with E-state index < -0.39 is 22.1 Å². The molecule has 0 unspecified atom stereocenters. The standard InChI is InChI=1S/C17H16F3N3O3S/c1-2-3-10-27(24,25)23(14-8-9-14)11-12-4-6-13(7-5-12)15-21-16(26-22-15)17(18,19)20/h1,4-7,14H,3,8-11H2. The van der Waals surface area contributed by atoms with Gasteiger partial charge in [-0.2, -0.15) is 22.5 Å². The van der Waals surface area contributed by atoms with Crippen LogP contribution >= 0.6 is 0 Å². The second kappa shape index (κ2) is 7.32. The van der Waals surface area contributed by atoms with Crippen LogP contribution in [-0.4, -0.2) is 34.7 Å². The normalized spacial score (nSPS) is 15.1. The number of terminal acetylenes is 1. The molecule has 1 aromatic carbocycles. The quantitative estimate of drug-likeness (QED) is 0.669. The molecule has 1 aliphatic rings. The second-order valence-corrected chi connectivity index (χ2v) is 8.21. The Morgan fingerprint density at radius 3 is 2.44 bits per heavy atom. The molecule has 3 rings (SSSR count). The van der Waals surface area contributed by atoms with E-state index in [1.807, 2.05) is 0 Å². The lowest BCUT2D eigenvalue weighted by Gasteiger charge is -2.21. The largest absolute Gasteiger partial charge is 0.471 e. The topological polar surface area (TPSA) is 76.3 Å². The molecule has 0 atom stereocenters. The van der Waals surface area contributed by atoms with Gasteiger partial charge < -0.3 is 4.52 Å². The van der Waals surface area contributed by atoms with E-state index in [0.717, 1.165) is 12.8 Å². The summed E-state index contributed by atoms with van der Waals surface area (Å²) in [7, 11) is -3.47. The lowest BCUT2D eigenvalue weighted by Crippen LogP contribution is -2.34. The van der Waals surface area contributed by atoms with Crippen LogP contribution in [0.5, 0.6) is 0 Å². The first-order chi connectivity index (χ1) is 12.7. The van der Waals surface area contributed by atoms with Gasteiger partial charge >= 0.3 is 12.1 Å². The molecule has 6 nitrogen and oxygen atoms in total. The van der Waals surface area contributed by atoms with E-state index in [9.17, 15) is 21.6 Å². The SMILES string of the molecule is C#CCCS(=O)(=O)N(Cc1ccc(-c2noc(C(F)(F)F)n2)cc1)C1CC1. The molecule has 1 saturated carbocycles. The van der Waals surface area contributed by atoms with Gasteiger partial charge in [0.15, 0.2) is 0 Å². The highest BCUT2D eigenvalue weighted by molar-refractivity contribution is 7.89. The number of sulfonamides is 1. The molecule has 0 radical (unpaired) electrons. The molecule has 10 heteroatoms. The molecule has 1 aromatic heterocycles. The summed E-state index contributed by atoms with van der Waals surface area (Å²) in [6.45, 7) is 0.178. The Hall–Kier alpha value is -2.38. The van der Waals surface area contributed by atoms with Crippen LogP contribution in [0.2, 0.25) is 0 Å². The summed E-state index contributed by atoms with van der Waals surface area (Å²) >= 11 is 0. The molecule has 27 heavy (non-hydrogen) atoms. The lowest BCUT2D eigenvalue weighted by atomic mass is 10.1. The highest BCUT2D eigenvalue weighted by Crippen LogP contribution is 2.32. The van der Waals surface area contributed by atoms with Crippen molar-refractivity contribution in [2.24, 2.45) is 0 Å². The molecule has 0 N–H and O–H groups in total. The van der Waals surface area contributed by atoms with Gasteiger partial charge in [0.1, 0.15) is 0 Å². The summed E-state index contributed by atoms with van der Waals surface area (Å²) in [5.41, 5.74) is 1.04. The molecule has 0 spiro atoms. The van der Waals surface area contributed by atoms with Crippen molar-refractivity contribution in [1.29, 1.82) is 0 Å². The van der Waals surface area contributed by atoms with E-state index in [0.29, 0.717) is 11.1 Å². The van der Waals surface area contributed by atoms with E-state index in [2.05, 4.69) is 20.6 Å². The Morgan fingerprint density at radius 2 is 1.93 bits per heavy atom. The zero-order valence-electron chi connectivity index (χ0n) is 14.1. The minimum atomic E-state index is -4.71. The number of benzene rings is 1. The second-order valence-electron chi connectivity index (χ2n) is 6.16. The van der Waals surface area contributed by atoms with Crippen molar-refractivity contribution >= 4 is 10.0 Å². The van der Waals surface area contributed by atoms with Gasteiger partial charge in [-0.15, -0.1) is 12.3 Å². The van der Waals surface area contributed by atoms with E-state index in [1.165, 1.54) is 16.4 Å². The molecule has 0 saturated heterocycles. The average molecular weight is 399 g/mol. The molecule has 144 valence electrons. The molecule has 1 fully saturated rings. The Kier molecular flexibility index (Phi) is 5.26. The van der Waals surface area contributed by atoms with Crippen molar-refractivity contribution in [3.63, 3.8) is 0 Å². The first kappa shape index (κ1) is 19.4. The maximum Gasteiger partial charge on any atom is 0.471 e. The van der Waals surface area contributed by atoms with E-state index in [4.69, 9.17) is 6.42 Å². The molecule has 1 heterocycles. The zero-order valence-corrected chi connectivity index (χ0v) is 14.9. The maximum absolute atomic E-state index is 12.5. The van der Waals surface area contributed by atoms with Crippen molar-refractivity contribution in [1.82, 2.24) is 14.4 Å². The monoisotopic (exact) mass is 399 g/mol. The predicted molar refractivity (Wildman–Crippen MR) is 90.5 cm³/mol. The van der Waals surface area contributed by atoms with Gasteiger partial charge in [-0.25, -0.2) is 8.42 Å². The third-order valence-electron chi connectivity index (χ3n) is 4.03. The lowest BCUT2D eigenvalue weighted by molar-refractivity contribution is -0.159. The summed E-state index contributed by atoms with van der Waals surface area (Å²) in [5.74, 6) is 0.620. The van der Waals surface area contributed by atoms with Gasteiger partial charge in [-0.1, -0.05) is 29.4 Å². The van der Waals surface area contributed by atoms with Gasteiger partial charge in [0, 0.05) is 24.6 Å². The van der Waals surface area contributed by atoms with Gasteiger partial charge in [0.05, 0.1) is 5.75 Å². The van der Waals surface area contributed by atoms with E-state index in [1.54, 1.807) is 12.1 Å². The average Bonchev–Trinajstić information content (AvgIpc) is 3.31. The fourth-order valence-electron chi connectivity index (χ4n) is 2.52. The van der Waals surface area contributed by atoms with Gasteiger partial charge in [-0.3, -0.25) is 0 Å². The number of rotatable bonds is 7. The smallest absolute Gasteiger partial charge is 0.329 e. The summed E-state index contributed by atoms with van der Waals surface area (Å²) in [6.07, 6.45) is 2.20. The number of aromatic nitrogens is 2. The van der Waals surface area contributed by atoms with Crippen molar-refractivity contribution in [3.8, 4) is 23.7 Å². The van der Waals surface area contributed by atoms with Crippen LogP contribution in [0, 0.1) is 12.3 Å². The molecule has 0 aliphatic heterocycles. The maximum atomic E-state index is 12.5. The Labute approximate surface area is 154 Å². The number of hydrogen-bond donors (Lipinski definition) is 0. The predicted octanol–water partition coefficient (Wildman–Crippen LogP) is 3.07. The van der Waals surface area contributed by atoms with Crippen LogP contribution in [0.4, 0.5) is 13.2 Å². The highest BCUT2D eigenvalue weighted by Gasteiger charge is 2.39. The van der Waals surface area contributed by atoms with Crippen LogP contribution < -0.4 is 0 Å². The van der Waals surface area contributed by atoms with Crippen LogP contribution in [0.3, 0.4) is 0 Å². The van der Waals surface area contributed by atoms with Crippen molar-refractivity contribution in [2.75, 3.05) is 5.75 Å². The molecular formula is C17H16F3N3O3S. The molecule has 1 aliphatic carbocycles. The third-order valence-corrected chi connectivity index (χ3v) is 5.90. The molecule has 0 bridgehead atoms. The zero-order chi connectivity index (χ0) is 19.7. The number of halogens is 3. The first-order valence-corrected chi connectivity index (χ1v) is 9.75. The van der Waals surface area contributed by atoms with Crippen molar-refractivity contribution in [3.05, 3.63) is 35.7 Å². The number of alkyl halides is 3. The minimum Gasteiger partial charge on any atom is -0.329 e. The number of nitrogens with zero attached hydrogens (tertiary/aromatic N) is 3. The number of hydrogen-bond acceptors (Lipinski definition) is 5. The minimum absolute atomic E-state index is 0.0287. The fraction of sp³-hybridized carbons (Fsp3) is 0.412. The molecular weight excluding hydrogens is 383 g/mol. The summed E-state index contributed by atoms with van der Waals surface area (Å²) < 4.78 is 68.2. The Balaban J connectivity index is 1.75. The molecule has 0 amide bonds. The van der Waals surface area contributed by atoms with E-state index >= 15 is 0 Å². The van der Waals surface area contributed by atoms with Gasteiger partial charge in [-0.05, 0) is 18.4 Å². The Bertz CT molecular complexity index is 942. The van der Waals surface area contributed by atoms with Crippen molar-refractivity contribution < 1.29 is 26.1 Å². The summed E-state index contributed by atoms with van der Waals surface area (Å²) in [4.78, 5) is 3.33. The van der Waals surface area contributed by atoms with Crippen LogP contribution in [0.1, 0.15) is 30.7 Å². The molecule has 2 aromatic rings. The first-order valence-electron chi connectivity index (χ1n) is 8.14. The van der Waals surface area contributed by atoms with Gasteiger partial charge in [0.25, 0.3) is 0 Å². The Morgan fingerprint density at radius 1 is 1.26 bits per heavy atom. The van der Waals surface area contributed by atoms with Crippen LogP contribution in [-0.2, 0) is 22.7 Å².